The lowest BCUT2D eigenvalue weighted by Gasteiger charge is -2.15. The number of rotatable bonds is 4. The van der Waals surface area contributed by atoms with Gasteiger partial charge in [0, 0.05) is 15.3 Å². The van der Waals surface area contributed by atoms with Gasteiger partial charge in [0.05, 0.1) is 11.6 Å². The first-order valence-electron chi connectivity index (χ1n) is 6.72. The molecule has 0 radical (unpaired) electrons. The van der Waals surface area contributed by atoms with Crippen molar-refractivity contribution in [1.29, 1.82) is 0 Å². The van der Waals surface area contributed by atoms with Gasteiger partial charge in [0.25, 0.3) is 0 Å². The van der Waals surface area contributed by atoms with Crippen LogP contribution in [0.4, 0.5) is 5.69 Å². The van der Waals surface area contributed by atoms with Crippen LogP contribution < -0.4 is 5.32 Å². The van der Waals surface area contributed by atoms with Crippen LogP contribution in [0.15, 0.2) is 54.6 Å². The molecule has 0 saturated carbocycles. The number of fused-ring (bicyclic) bond motifs is 1. The third-order valence-corrected chi connectivity index (χ3v) is 4.70. The van der Waals surface area contributed by atoms with E-state index >= 15 is 0 Å². The highest BCUT2D eigenvalue weighted by molar-refractivity contribution is 7.19. The summed E-state index contributed by atoms with van der Waals surface area (Å²) in [4.78, 5) is 12.4. The highest BCUT2D eigenvalue weighted by Crippen LogP contribution is 2.32. The molecule has 3 aromatic rings. The minimum absolute atomic E-state index is 0.0582. The van der Waals surface area contributed by atoms with Crippen molar-refractivity contribution in [2.24, 2.45) is 0 Å². The third-order valence-electron chi connectivity index (χ3n) is 3.40. The fourth-order valence-electron chi connectivity index (χ4n) is 2.32. The van der Waals surface area contributed by atoms with E-state index in [0.29, 0.717) is 11.3 Å². The van der Waals surface area contributed by atoms with Gasteiger partial charge in [-0.15, -0.1) is 11.3 Å². The summed E-state index contributed by atoms with van der Waals surface area (Å²) in [5.74, 6) is -0.915. The molecule has 0 aliphatic carbocycles. The highest BCUT2D eigenvalue weighted by atomic mass is 32.1. The number of carboxylic acids is 1. The summed E-state index contributed by atoms with van der Waals surface area (Å²) in [6.07, 6.45) is 0. The molecule has 4 heteroatoms. The summed E-state index contributed by atoms with van der Waals surface area (Å²) in [7, 11) is 0. The van der Waals surface area contributed by atoms with Crippen molar-refractivity contribution in [1.82, 2.24) is 0 Å². The van der Waals surface area contributed by atoms with Crippen molar-refractivity contribution >= 4 is 33.1 Å². The Morgan fingerprint density at radius 3 is 2.62 bits per heavy atom. The predicted octanol–water partition coefficient (Wildman–Crippen LogP) is 4.77. The Balaban J connectivity index is 1.89. The second-order valence-corrected chi connectivity index (χ2v) is 6.02. The van der Waals surface area contributed by atoms with E-state index in [9.17, 15) is 9.90 Å². The van der Waals surface area contributed by atoms with E-state index in [1.807, 2.05) is 25.1 Å². The lowest BCUT2D eigenvalue weighted by atomic mass is 10.1. The lowest BCUT2D eigenvalue weighted by Crippen LogP contribution is -2.09. The molecule has 0 fully saturated rings. The molecule has 1 atom stereocenters. The molecular weight excluding hydrogens is 282 g/mol. The molecule has 0 saturated heterocycles. The molecular formula is C17H15NO2S. The van der Waals surface area contributed by atoms with Crippen LogP contribution in [0.1, 0.15) is 28.2 Å². The summed E-state index contributed by atoms with van der Waals surface area (Å²) >= 11 is 1.73. The van der Waals surface area contributed by atoms with Crippen LogP contribution in [0.2, 0.25) is 0 Å². The number of anilines is 1. The third kappa shape index (κ3) is 2.76. The maximum atomic E-state index is 11.2. The Morgan fingerprint density at radius 1 is 1.14 bits per heavy atom. The molecule has 2 aromatic carbocycles. The van der Waals surface area contributed by atoms with E-state index in [1.54, 1.807) is 29.5 Å². The second kappa shape index (κ2) is 5.58. The number of aromatic carboxylic acids is 1. The molecule has 3 rings (SSSR count). The number of nitrogens with one attached hydrogen (secondary N) is 1. The molecule has 2 N–H and O–H groups in total. The second-order valence-electron chi connectivity index (χ2n) is 4.90. The Hall–Kier alpha value is -2.33. The maximum absolute atomic E-state index is 11.2. The smallest absolute Gasteiger partial charge is 0.337 e. The standard InChI is InChI=1S/C17H15NO2S/c1-11(16-10-12-6-2-5-9-15(12)21-16)18-14-8-4-3-7-13(14)17(19)20/h2-11,18H,1H3,(H,19,20). The monoisotopic (exact) mass is 297 g/mol. The molecule has 3 nitrogen and oxygen atoms in total. The number of benzene rings is 2. The van der Waals surface area contributed by atoms with Gasteiger partial charge in [-0.05, 0) is 36.6 Å². The number of carbonyl (C=O) groups is 1. The van der Waals surface area contributed by atoms with E-state index in [0.717, 1.165) is 0 Å². The minimum atomic E-state index is -0.915. The molecule has 21 heavy (non-hydrogen) atoms. The van der Waals surface area contributed by atoms with Gasteiger partial charge < -0.3 is 10.4 Å². The normalized spacial score (nSPS) is 12.2. The first kappa shape index (κ1) is 13.6. The first-order chi connectivity index (χ1) is 10.1. The van der Waals surface area contributed by atoms with Crippen molar-refractivity contribution < 1.29 is 9.90 Å². The van der Waals surface area contributed by atoms with Crippen molar-refractivity contribution in [3.8, 4) is 0 Å². The lowest BCUT2D eigenvalue weighted by molar-refractivity contribution is 0.0698. The summed E-state index contributed by atoms with van der Waals surface area (Å²) in [5.41, 5.74) is 0.945. The van der Waals surface area contributed by atoms with Crippen molar-refractivity contribution in [3.63, 3.8) is 0 Å². The first-order valence-corrected chi connectivity index (χ1v) is 7.54. The molecule has 0 spiro atoms. The Labute approximate surface area is 126 Å². The largest absolute Gasteiger partial charge is 0.478 e. The van der Waals surface area contributed by atoms with Gasteiger partial charge in [-0.25, -0.2) is 4.79 Å². The van der Waals surface area contributed by atoms with E-state index in [2.05, 4.69) is 23.5 Å². The van der Waals surface area contributed by atoms with Gasteiger partial charge in [-0.2, -0.15) is 0 Å². The maximum Gasteiger partial charge on any atom is 0.337 e. The summed E-state index contributed by atoms with van der Waals surface area (Å²) in [5, 5.41) is 13.7. The van der Waals surface area contributed by atoms with E-state index in [1.165, 1.54) is 15.0 Å². The van der Waals surface area contributed by atoms with Crippen molar-refractivity contribution in [2.75, 3.05) is 5.32 Å². The fourth-order valence-corrected chi connectivity index (χ4v) is 3.38. The number of para-hydroxylation sites is 1. The molecule has 0 aliphatic heterocycles. The van der Waals surface area contributed by atoms with Crippen LogP contribution >= 0.6 is 11.3 Å². The number of hydrogen-bond acceptors (Lipinski definition) is 3. The van der Waals surface area contributed by atoms with Crippen LogP contribution in [0.25, 0.3) is 10.1 Å². The zero-order valence-electron chi connectivity index (χ0n) is 11.5. The molecule has 106 valence electrons. The van der Waals surface area contributed by atoms with Crippen LogP contribution in [0.5, 0.6) is 0 Å². The van der Waals surface area contributed by atoms with Crippen LogP contribution in [0, 0.1) is 0 Å². The number of carboxylic acid groups (broad SMARTS) is 1. The summed E-state index contributed by atoms with van der Waals surface area (Å²) in [6, 6.07) is 17.4. The van der Waals surface area contributed by atoms with Crippen LogP contribution in [-0.4, -0.2) is 11.1 Å². The minimum Gasteiger partial charge on any atom is -0.478 e. The average molecular weight is 297 g/mol. The highest BCUT2D eigenvalue weighted by Gasteiger charge is 2.14. The number of thiophene rings is 1. The quantitative estimate of drug-likeness (QED) is 0.729. The topological polar surface area (TPSA) is 49.3 Å². The molecule has 1 unspecified atom stereocenters. The van der Waals surface area contributed by atoms with Crippen LogP contribution in [0.3, 0.4) is 0 Å². The molecule has 0 bridgehead atoms. The van der Waals surface area contributed by atoms with E-state index < -0.39 is 5.97 Å². The zero-order valence-corrected chi connectivity index (χ0v) is 12.4. The predicted molar refractivity (Wildman–Crippen MR) is 87.3 cm³/mol. The summed E-state index contributed by atoms with van der Waals surface area (Å²) < 4.78 is 1.24. The van der Waals surface area contributed by atoms with Crippen LogP contribution in [-0.2, 0) is 0 Å². The Bertz CT molecular complexity index is 761. The van der Waals surface area contributed by atoms with Gasteiger partial charge in [0.1, 0.15) is 0 Å². The van der Waals surface area contributed by atoms with E-state index in [-0.39, 0.29) is 6.04 Å². The van der Waals surface area contributed by atoms with E-state index in [4.69, 9.17) is 0 Å². The van der Waals surface area contributed by atoms with Gasteiger partial charge in [0.15, 0.2) is 0 Å². The molecule has 1 aromatic heterocycles. The van der Waals surface area contributed by atoms with Gasteiger partial charge >= 0.3 is 5.97 Å². The average Bonchev–Trinajstić information content (AvgIpc) is 2.91. The van der Waals surface area contributed by atoms with Gasteiger partial charge in [-0.1, -0.05) is 30.3 Å². The molecule has 0 amide bonds. The van der Waals surface area contributed by atoms with Gasteiger partial charge in [-0.3, -0.25) is 0 Å². The number of hydrogen-bond donors (Lipinski definition) is 2. The summed E-state index contributed by atoms with van der Waals surface area (Å²) in [6.45, 7) is 2.04. The molecule has 0 aliphatic rings. The fraction of sp³-hybridized carbons (Fsp3) is 0.118. The zero-order chi connectivity index (χ0) is 14.8. The molecule has 1 heterocycles. The Kier molecular flexibility index (Phi) is 3.62. The van der Waals surface area contributed by atoms with Gasteiger partial charge in [0.2, 0.25) is 0 Å². The van der Waals surface area contributed by atoms with Crippen molar-refractivity contribution in [3.05, 3.63) is 65.0 Å². The Morgan fingerprint density at radius 2 is 1.86 bits per heavy atom. The SMILES string of the molecule is CC(Nc1ccccc1C(=O)O)c1cc2ccccc2s1. The van der Waals surface area contributed by atoms with Crippen molar-refractivity contribution in [2.45, 2.75) is 13.0 Å².